The molecule has 10 nitrogen and oxygen atoms in total. The van der Waals surface area contributed by atoms with Crippen LogP contribution in [0.1, 0.15) is 114 Å². The number of tetrazole rings is 1. The van der Waals surface area contributed by atoms with Gasteiger partial charge in [0.1, 0.15) is 6.04 Å². The van der Waals surface area contributed by atoms with Gasteiger partial charge in [0, 0.05) is 11.0 Å². The number of carbonyl (C=O) groups is 1. The van der Waals surface area contributed by atoms with E-state index >= 15 is 0 Å². The second-order valence-corrected chi connectivity index (χ2v) is 18.5. The number of nitrogens with two attached hydrogens (primary N) is 2. The van der Waals surface area contributed by atoms with Crippen molar-refractivity contribution in [2.45, 2.75) is 125 Å². The Kier molecular flexibility index (Phi) is 8.32. The Bertz CT molecular complexity index is 1410. The molecule has 10 heteroatoms. The second-order valence-electron chi connectivity index (χ2n) is 18.5. The molecule has 2 bridgehead atoms. The van der Waals surface area contributed by atoms with Gasteiger partial charge in [0.2, 0.25) is 0 Å². The molecule has 264 valence electrons. The third-order valence-corrected chi connectivity index (χ3v) is 15.6. The number of aliphatic carboxylic acids is 1. The third-order valence-electron chi connectivity index (χ3n) is 15.6. The Morgan fingerprint density at radius 2 is 1.83 bits per heavy atom. The molecule has 1 aromatic rings. The van der Waals surface area contributed by atoms with E-state index < -0.39 is 28.3 Å². The molecule has 2 heterocycles. The molecule has 0 aromatic carbocycles. The van der Waals surface area contributed by atoms with E-state index in [0.29, 0.717) is 37.6 Å². The number of carboxylic acid groups (broad SMARTS) is 1. The Hall–Kier alpha value is -2.04. The SMILES string of the molecule is CC(C)[C@@H](C)[C@@]1(C)CC[C@]2(C)[C@H]3CC[C@@H]4[C@@]5(C)COC[C@@]4(C3=CC[C@@]2(C)[C@@H]1C(=O)O)[C@@H](OC[C@@](C)(N)C(C)C)[C@H](n1nnc(N)n1)C5. The van der Waals surface area contributed by atoms with Crippen molar-refractivity contribution >= 4 is 11.9 Å². The summed E-state index contributed by atoms with van der Waals surface area (Å²) in [6.45, 7) is 24.1. The third kappa shape index (κ3) is 4.80. The monoisotopic (exact) mass is 654 g/mol. The van der Waals surface area contributed by atoms with Crippen LogP contribution in [0.25, 0.3) is 0 Å². The first-order valence-electron chi connectivity index (χ1n) is 18.2. The maximum Gasteiger partial charge on any atom is 0.307 e. The first kappa shape index (κ1) is 34.8. The molecule has 1 aliphatic heterocycles. The molecule has 1 aromatic heterocycles. The molecular weight excluding hydrogens is 592 g/mol. The number of hydrogen-bond acceptors (Lipinski definition) is 8. The maximum atomic E-state index is 13.5. The number of fused-ring (bicyclic) bond motifs is 3. The topological polar surface area (TPSA) is 151 Å². The highest BCUT2D eigenvalue weighted by Gasteiger charge is 2.72. The van der Waals surface area contributed by atoms with E-state index in [2.05, 4.69) is 90.7 Å². The molecule has 0 spiro atoms. The van der Waals surface area contributed by atoms with Gasteiger partial charge in [-0.3, -0.25) is 4.79 Å². The Morgan fingerprint density at radius 1 is 1.13 bits per heavy atom. The van der Waals surface area contributed by atoms with Crippen molar-refractivity contribution in [1.29, 1.82) is 0 Å². The van der Waals surface area contributed by atoms with Crippen LogP contribution in [0.4, 0.5) is 5.95 Å². The van der Waals surface area contributed by atoms with Gasteiger partial charge in [-0.1, -0.05) is 79.1 Å². The van der Waals surface area contributed by atoms with Crippen LogP contribution in [0.5, 0.6) is 0 Å². The number of nitrogen functional groups attached to an aromatic ring is 1. The number of aromatic nitrogens is 4. The average Bonchev–Trinajstić information content (AvgIpc) is 3.42. The van der Waals surface area contributed by atoms with E-state index in [-0.39, 0.29) is 46.2 Å². The summed E-state index contributed by atoms with van der Waals surface area (Å²) in [5.74, 6) is 0.556. The van der Waals surface area contributed by atoms with Crippen molar-refractivity contribution in [2.75, 3.05) is 25.6 Å². The fraction of sp³-hybridized carbons (Fsp3) is 0.892. The van der Waals surface area contributed by atoms with Gasteiger partial charge in [-0.25, -0.2) is 0 Å². The highest BCUT2D eigenvalue weighted by Crippen LogP contribution is 2.75. The summed E-state index contributed by atoms with van der Waals surface area (Å²) in [5.41, 5.74) is 12.4. The fourth-order valence-electron chi connectivity index (χ4n) is 11.9. The predicted octanol–water partition coefficient (Wildman–Crippen LogP) is 6.14. The quantitative estimate of drug-likeness (QED) is 0.281. The normalized spacial score (nSPS) is 45.0. The highest BCUT2D eigenvalue weighted by molar-refractivity contribution is 5.73. The standard InChI is InChI=1S/C37H62N6O4/c1-21(2)23(5)33(7)15-16-34(8)24-11-12-27-32(6)17-26(43-41-31(38)40-42-43)29(47-19-36(10,39)22(3)4)37(27,20-46-18-32)25(24)13-14-35(34,9)28(33)30(44)45/h13,21-24,26-29H,11-12,14-20,39H2,1-10H3,(H2,38,41)(H,44,45)/t23-,24+,26-,27-,28-,29+,32-,33-,34-,35+,36-,37+/m1/s1. The van der Waals surface area contributed by atoms with Crippen molar-refractivity contribution in [1.82, 2.24) is 20.2 Å². The molecule has 4 aliphatic carbocycles. The van der Waals surface area contributed by atoms with Crippen molar-refractivity contribution in [2.24, 2.45) is 68.3 Å². The van der Waals surface area contributed by atoms with Gasteiger partial charge in [0.25, 0.3) is 5.95 Å². The lowest BCUT2D eigenvalue weighted by atomic mass is 9.34. The van der Waals surface area contributed by atoms with Crippen molar-refractivity contribution in [3.05, 3.63) is 11.6 Å². The number of anilines is 1. The van der Waals surface area contributed by atoms with Crippen LogP contribution in [0.15, 0.2) is 11.6 Å². The van der Waals surface area contributed by atoms with E-state index in [1.807, 2.05) is 0 Å². The van der Waals surface area contributed by atoms with Crippen LogP contribution in [0.2, 0.25) is 0 Å². The van der Waals surface area contributed by atoms with Gasteiger partial charge >= 0.3 is 5.97 Å². The number of rotatable bonds is 8. The van der Waals surface area contributed by atoms with E-state index in [9.17, 15) is 9.90 Å². The molecule has 6 rings (SSSR count). The summed E-state index contributed by atoms with van der Waals surface area (Å²) >= 11 is 0. The summed E-state index contributed by atoms with van der Waals surface area (Å²) < 4.78 is 13.8. The van der Waals surface area contributed by atoms with Gasteiger partial charge < -0.3 is 26.0 Å². The molecule has 4 fully saturated rings. The Morgan fingerprint density at radius 3 is 2.43 bits per heavy atom. The maximum absolute atomic E-state index is 13.5. The first-order chi connectivity index (χ1) is 21.8. The molecule has 0 unspecified atom stereocenters. The lowest BCUT2D eigenvalue weighted by Crippen LogP contribution is -2.70. The highest BCUT2D eigenvalue weighted by atomic mass is 16.5. The van der Waals surface area contributed by atoms with Crippen LogP contribution in [-0.4, -0.2) is 62.7 Å². The van der Waals surface area contributed by atoms with Gasteiger partial charge in [0.15, 0.2) is 0 Å². The summed E-state index contributed by atoms with van der Waals surface area (Å²) in [7, 11) is 0. The van der Waals surface area contributed by atoms with Gasteiger partial charge in [-0.2, -0.15) is 4.80 Å². The number of nitrogens with zero attached hydrogens (tertiary/aromatic N) is 4. The van der Waals surface area contributed by atoms with Crippen molar-refractivity contribution in [3.63, 3.8) is 0 Å². The van der Waals surface area contributed by atoms with E-state index in [1.165, 1.54) is 5.57 Å². The van der Waals surface area contributed by atoms with Crippen LogP contribution in [-0.2, 0) is 14.3 Å². The zero-order valence-electron chi connectivity index (χ0n) is 30.7. The second kappa shape index (κ2) is 11.2. The minimum absolute atomic E-state index is 0.121. The molecule has 12 atom stereocenters. The summed E-state index contributed by atoms with van der Waals surface area (Å²) in [5, 5.41) is 24.2. The first-order valence-corrected chi connectivity index (χ1v) is 18.2. The van der Waals surface area contributed by atoms with Gasteiger partial charge in [0.05, 0.1) is 31.8 Å². The number of allylic oxidation sites excluding steroid dienone is 1. The zero-order chi connectivity index (χ0) is 34.5. The summed E-state index contributed by atoms with van der Waals surface area (Å²) in [6.07, 6.45) is 7.70. The molecule has 0 radical (unpaired) electrons. The van der Waals surface area contributed by atoms with Crippen LogP contribution in [0, 0.1) is 62.6 Å². The zero-order valence-corrected chi connectivity index (χ0v) is 30.7. The van der Waals surface area contributed by atoms with Crippen LogP contribution < -0.4 is 11.5 Å². The fourth-order valence-corrected chi connectivity index (χ4v) is 11.9. The minimum Gasteiger partial charge on any atom is -0.481 e. The van der Waals surface area contributed by atoms with Crippen LogP contribution >= 0.6 is 0 Å². The summed E-state index contributed by atoms with van der Waals surface area (Å²) in [6, 6.07) is -0.193. The smallest absolute Gasteiger partial charge is 0.307 e. The number of hydrogen-bond donors (Lipinski definition) is 3. The molecule has 3 saturated carbocycles. The Labute approximate surface area is 282 Å². The molecule has 5 N–H and O–H groups in total. The largest absolute Gasteiger partial charge is 0.481 e. The van der Waals surface area contributed by atoms with E-state index in [0.717, 1.165) is 38.5 Å². The lowest BCUT2D eigenvalue weighted by molar-refractivity contribution is -0.255. The average molecular weight is 655 g/mol. The van der Waals surface area contributed by atoms with E-state index in [4.69, 9.17) is 20.9 Å². The molecule has 47 heavy (non-hydrogen) atoms. The molecule has 0 amide bonds. The predicted molar refractivity (Wildman–Crippen MR) is 182 cm³/mol. The van der Waals surface area contributed by atoms with Crippen molar-refractivity contribution < 1.29 is 19.4 Å². The van der Waals surface area contributed by atoms with Crippen LogP contribution in [0.3, 0.4) is 0 Å². The van der Waals surface area contributed by atoms with Gasteiger partial charge in [-0.15, -0.1) is 5.10 Å². The van der Waals surface area contributed by atoms with Gasteiger partial charge in [-0.05, 0) is 102 Å². The molecular formula is C37H62N6O4. The summed E-state index contributed by atoms with van der Waals surface area (Å²) in [4.78, 5) is 15.2. The molecule has 5 aliphatic rings. The minimum atomic E-state index is -0.643. The number of ether oxygens (including phenoxy) is 2. The molecule has 1 saturated heterocycles. The lowest BCUT2D eigenvalue weighted by Gasteiger charge is -2.71. The Balaban J connectivity index is 1.51. The van der Waals surface area contributed by atoms with E-state index in [1.54, 1.807) is 4.80 Å². The van der Waals surface area contributed by atoms with Crippen molar-refractivity contribution in [3.8, 4) is 0 Å². The number of carboxylic acids is 1.